The predicted octanol–water partition coefficient (Wildman–Crippen LogP) is 4.04. The molecule has 1 aliphatic heterocycles. The lowest BCUT2D eigenvalue weighted by Gasteiger charge is -2.24. The first-order chi connectivity index (χ1) is 14.3. The minimum atomic E-state index is -0.0137. The smallest absolute Gasteiger partial charge is 0.191 e. The summed E-state index contributed by atoms with van der Waals surface area (Å²) < 4.78 is 5.57. The highest BCUT2D eigenvalue weighted by atomic mass is 127. The SMILES string of the molecule is CCNC(=NCC1(CCO)CCOC1)NCCSCc1cccc2ccccc12.I. The number of hydrogen-bond acceptors (Lipinski definition) is 4. The third-order valence-electron chi connectivity index (χ3n) is 5.42. The largest absolute Gasteiger partial charge is 0.396 e. The average Bonchev–Trinajstić information content (AvgIpc) is 3.21. The van der Waals surface area contributed by atoms with Crippen LogP contribution < -0.4 is 10.6 Å². The summed E-state index contributed by atoms with van der Waals surface area (Å²) in [6.07, 6.45) is 1.72. The van der Waals surface area contributed by atoms with E-state index in [4.69, 9.17) is 9.73 Å². The van der Waals surface area contributed by atoms with Crippen molar-refractivity contribution in [2.24, 2.45) is 10.4 Å². The fourth-order valence-corrected chi connectivity index (χ4v) is 4.58. The molecule has 166 valence electrons. The highest BCUT2D eigenvalue weighted by Gasteiger charge is 2.34. The van der Waals surface area contributed by atoms with Gasteiger partial charge in [0.15, 0.2) is 5.96 Å². The maximum atomic E-state index is 9.38. The van der Waals surface area contributed by atoms with Crippen molar-refractivity contribution in [3.63, 3.8) is 0 Å². The number of halogens is 1. The van der Waals surface area contributed by atoms with E-state index in [0.717, 1.165) is 50.0 Å². The zero-order valence-corrected chi connectivity index (χ0v) is 20.9. The molecule has 1 saturated heterocycles. The van der Waals surface area contributed by atoms with E-state index in [2.05, 4.69) is 60.0 Å². The highest BCUT2D eigenvalue weighted by molar-refractivity contribution is 14.0. The summed E-state index contributed by atoms with van der Waals surface area (Å²) in [5.41, 5.74) is 1.38. The summed E-state index contributed by atoms with van der Waals surface area (Å²) in [6.45, 7) is 6.11. The van der Waals surface area contributed by atoms with Crippen molar-refractivity contribution in [1.82, 2.24) is 10.6 Å². The van der Waals surface area contributed by atoms with Gasteiger partial charge in [-0.1, -0.05) is 42.5 Å². The molecule has 1 aliphatic rings. The Morgan fingerprint density at radius 3 is 2.80 bits per heavy atom. The molecule has 0 radical (unpaired) electrons. The summed E-state index contributed by atoms with van der Waals surface area (Å²) in [6, 6.07) is 15.1. The molecular formula is C23H34IN3O2S. The summed E-state index contributed by atoms with van der Waals surface area (Å²) >= 11 is 1.93. The monoisotopic (exact) mass is 543 g/mol. The van der Waals surface area contributed by atoms with Gasteiger partial charge >= 0.3 is 0 Å². The lowest BCUT2D eigenvalue weighted by atomic mass is 9.84. The van der Waals surface area contributed by atoms with Crippen LogP contribution in [-0.2, 0) is 10.5 Å². The Labute approximate surface area is 201 Å². The number of aliphatic imine (C=N–C) groups is 1. The molecule has 1 heterocycles. The van der Waals surface area contributed by atoms with Gasteiger partial charge < -0.3 is 20.5 Å². The van der Waals surface area contributed by atoms with Crippen LogP contribution in [0.2, 0.25) is 0 Å². The Balaban J connectivity index is 0.00000320. The Bertz CT molecular complexity index is 792. The Morgan fingerprint density at radius 1 is 1.20 bits per heavy atom. The van der Waals surface area contributed by atoms with E-state index in [1.165, 1.54) is 16.3 Å². The molecule has 1 fully saturated rings. The molecule has 0 amide bonds. The van der Waals surface area contributed by atoms with Gasteiger partial charge in [0, 0.05) is 43.2 Å². The molecule has 1 unspecified atom stereocenters. The number of guanidine groups is 1. The molecule has 0 saturated carbocycles. The fraction of sp³-hybridized carbons (Fsp3) is 0.522. The normalized spacial score (nSPS) is 18.9. The molecule has 3 rings (SSSR count). The number of rotatable bonds is 10. The van der Waals surface area contributed by atoms with E-state index in [-0.39, 0.29) is 36.0 Å². The maximum absolute atomic E-state index is 9.38. The number of hydrogen-bond donors (Lipinski definition) is 3. The number of nitrogens with zero attached hydrogens (tertiary/aromatic N) is 1. The first-order valence-corrected chi connectivity index (χ1v) is 11.7. The molecule has 0 bridgehead atoms. The molecule has 7 heteroatoms. The highest BCUT2D eigenvalue weighted by Crippen LogP contribution is 2.32. The number of benzene rings is 2. The first-order valence-electron chi connectivity index (χ1n) is 10.5. The third-order valence-corrected chi connectivity index (χ3v) is 6.43. The summed E-state index contributed by atoms with van der Waals surface area (Å²) in [5, 5.41) is 18.8. The van der Waals surface area contributed by atoms with Crippen LogP contribution in [0.25, 0.3) is 10.8 Å². The van der Waals surface area contributed by atoms with E-state index in [1.54, 1.807) is 0 Å². The van der Waals surface area contributed by atoms with Gasteiger partial charge in [0.2, 0.25) is 0 Å². The number of nitrogens with one attached hydrogen (secondary N) is 2. The number of thioether (sulfide) groups is 1. The molecule has 2 aromatic carbocycles. The molecular weight excluding hydrogens is 509 g/mol. The quantitative estimate of drug-likeness (QED) is 0.183. The number of aliphatic hydroxyl groups is 1. The molecule has 0 aromatic heterocycles. The van der Waals surface area contributed by atoms with E-state index < -0.39 is 0 Å². The van der Waals surface area contributed by atoms with Crippen LogP contribution in [0.4, 0.5) is 0 Å². The van der Waals surface area contributed by atoms with Crippen LogP contribution in [0.3, 0.4) is 0 Å². The zero-order valence-electron chi connectivity index (χ0n) is 17.7. The second-order valence-electron chi connectivity index (χ2n) is 7.59. The van der Waals surface area contributed by atoms with Crippen molar-refractivity contribution in [3.05, 3.63) is 48.0 Å². The minimum Gasteiger partial charge on any atom is -0.396 e. The number of fused-ring (bicyclic) bond motifs is 1. The number of aliphatic hydroxyl groups excluding tert-OH is 1. The lowest BCUT2D eigenvalue weighted by Crippen LogP contribution is -2.39. The second-order valence-corrected chi connectivity index (χ2v) is 8.69. The van der Waals surface area contributed by atoms with Crippen LogP contribution in [0.5, 0.6) is 0 Å². The summed E-state index contributed by atoms with van der Waals surface area (Å²) in [7, 11) is 0. The van der Waals surface area contributed by atoms with Gasteiger partial charge in [-0.25, -0.2) is 0 Å². The summed E-state index contributed by atoms with van der Waals surface area (Å²) in [4.78, 5) is 4.78. The van der Waals surface area contributed by atoms with E-state index >= 15 is 0 Å². The van der Waals surface area contributed by atoms with Crippen LogP contribution >= 0.6 is 35.7 Å². The lowest BCUT2D eigenvalue weighted by molar-refractivity contribution is 0.131. The van der Waals surface area contributed by atoms with Gasteiger partial charge in [-0.2, -0.15) is 11.8 Å². The van der Waals surface area contributed by atoms with Crippen molar-refractivity contribution >= 4 is 52.5 Å². The minimum absolute atomic E-state index is 0. The molecule has 3 N–H and O–H groups in total. The summed E-state index contributed by atoms with van der Waals surface area (Å²) in [5.74, 6) is 2.87. The van der Waals surface area contributed by atoms with E-state index in [1.807, 2.05) is 11.8 Å². The standard InChI is InChI=1S/C23H33N3O2S.HI/c1-2-24-22(26-17-23(10-13-27)11-14-28-18-23)25-12-15-29-16-20-8-5-7-19-6-3-4-9-21(19)20;/h3-9,27H,2,10-18H2,1H3,(H2,24,25,26);1H. The first kappa shape index (κ1) is 25.2. The van der Waals surface area contributed by atoms with E-state index in [9.17, 15) is 5.11 Å². The van der Waals surface area contributed by atoms with Gasteiger partial charge in [0.05, 0.1) is 13.2 Å². The maximum Gasteiger partial charge on any atom is 0.191 e. The molecule has 0 spiro atoms. The average molecular weight is 544 g/mol. The Hall–Kier alpha value is -1.03. The Morgan fingerprint density at radius 2 is 2.03 bits per heavy atom. The molecule has 1 atom stereocenters. The molecule has 30 heavy (non-hydrogen) atoms. The topological polar surface area (TPSA) is 65.9 Å². The van der Waals surface area contributed by atoms with Crippen molar-refractivity contribution in [2.45, 2.75) is 25.5 Å². The van der Waals surface area contributed by atoms with Gasteiger partial charge in [0.1, 0.15) is 0 Å². The molecule has 0 aliphatic carbocycles. The fourth-order valence-electron chi connectivity index (χ4n) is 3.72. The van der Waals surface area contributed by atoms with Gasteiger partial charge in [-0.05, 0) is 36.1 Å². The van der Waals surface area contributed by atoms with Crippen molar-refractivity contribution in [2.75, 3.05) is 45.2 Å². The van der Waals surface area contributed by atoms with Crippen LogP contribution in [0, 0.1) is 5.41 Å². The Kier molecular flexibility index (Phi) is 11.3. The van der Waals surface area contributed by atoms with Crippen LogP contribution in [0.15, 0.2) is 47.5 Å². The predicted molar refractivity (Wildman–Crippen MR) is 139 cm³/mol. The molecule has 2 aromatic rings. The number of ether oxygens (including phenoxy) is 1. The van der Waals surface area contributed by atoms with Gasteiger partial charge in [-0.15, -0.1) is 24.0 Å². The second kappa shape index (κ2) is 13.4. The van der Waals surface area contributed by atoms with Gasteiger partial charge in [-0.3, -0.25) is 4.99 Å². The zero-order chi connectivity index (χ0) is 20.4. The van der Waals surface area contributed by atoms with Crippen molar-refractivity contribution in [3.8, 4) is 0 Å². The van der Waals surface area contributed by atoms with Crippen molar-refractivity contribution in [1.29, 1.82) is 0 Å². The van der Waals surface area contributed by atoms with Crippen LogP contribution in [0.1, 0.15) is 25.3 Å². The van der Waals surface area contributed by atoms with E-state index in [0.29, 0.717) is 13.2 Å². The van der Waals surface area contributed by atoms with Crippen LogP contribution in [-0.4, -0.2) is 56.3 Å². The third kappa shape index (κ3) is 7.28. The van der Waals surface area contributed by atoms with Gasteiger partial charge in [0.25, 0.3) is 0 Å². The van der Waals surface area contributed by atoms with Crippen molar-refractivity contribution < 1.29 is 9.84 Å². The molecule has 5 nitrogen and oxygen atoms in total.